The standard InChI is InChI=1S/C13H18N2O4S/c1-8-7-20-12(13(17)18-2)11(8)15-10(16)5-9-6-19-4-3-14-9/h7,9,14H,3-6H2,1-2H3,(H,15,16). The maximum Gasteiger partial charge on any atom is 0.350 e. The highest BCUT2D eigenvalue weighted by molar-refractivity contribution is 7.12. The maximum atomic E-state index is 12.0. The van der Waals surface area contributed by atoms with Gasteiger partial charge in [0, 0.05) is 19.0 Å². The summed E-state index contributed by atoms with van der Waals surface area (Å²) in [5.41, 5.74) is 1.40. The summed E-state index contributed by atoms with van der Waals surface area (Å²) in [6.07, 6.45) is 0.315. The molecular weight excluding hydrogens is 280 g/mol. The zero-order chi connectivity index (χ0) is 14.5. The van der Waals surface area contributed by atoms with E-state index in [1.807, 2.05) is 12.3 Å². The first-order valence-electron chi connectivity index (χ1n) is 6.39. The van der Waals surface area contributed by atoms with E-state index < -0.39 is 5.97 Å². The average molecular weight is 298 g/mol. The summed E-state index contributed by atoms with van der Waals surface area (Å²) in [5, 5.41) is 7.84. The summed E-state index contributed by atoms with van der Waals surface area (Å²) < 4.78 is 10.0. The lowest BCUT2D eigenvalue weighted by Gasteiger charge is -2.23. The second kappa shape index (κ2) is 6.83. The minimum absolute atomic E-state index is 0.0178. The number of methoxy groups -OCH3 is 1. The number of thiophene rings is 1. The summed E-state index contributed by atoms with van der Waals surface area (Å²) in [6.45, 7) is 3.80. The third kappa shape index (κ3) is 3.56. The number of ether oxygens (including phenoxy) is 2. The van der Waals surface area contributed by atoms with Gasteiger partial charge in [0.25, 0.3) is 0 Å². The molecule has 0 saturated carbocycles. The number of carbonyl (C=O) groups excluding carboxylic acids is 2. The molecule has 0 radical (unpaired) electrons. The van der Waals surface area contributed by atoms with E-state index in [9.17, 15) is 9.59 Å². The number of esters is 1. The average Bonchev–Trinajstić information content (AvgIpc) is 2.80. The van der Waals surface area contributed by atoms with Crippen molar-refractivity contribution in [2.45, 2.75) is 19.4 Å². The third-order valence-electron chi connectivity index (χ3n) is 3.04. The Kier molecular flexibility index (Phi) is 5.11. The fourth-order valence-corrected chi connectivity index (χ4v) is 2.93. The van der Waals surface area contributed by atoms with Gasteiger partial charge in [-0.2, -0.15) is 0 Å². The summed E-state index contributed by atoms with van der Waals surface area (Å²) in [6, 6.07) is 0.0178. The van der Waals surface area contributed by atoms with Gasteiger partial charge >= 0.3 is 5.97 Å². The molecule has 1 aliphatic rings. The van der Waals surface area contributed by atoms with Crippen LogP contribution in [0.4, 0.5) is 5.69 Å². The smallest absolute Gasteiger partial charge is 0.350 e. The Morgan fingerprint density at radius 1 is 1.60 bits per heavy atom. The Morgan fingerprint density at radius 2 is 2.40 bits per heavy atom. The van der Waals surface area contributed by atoms with E-state index in [4.69, 9.17) is 9.47 Å². The molecule has 2 heterocycles. The van der Waals surface area contributed by atoms with Gasteiger partial charge in [0.05, 0.1) is 26.0 Å². The van der Waals surface area contributed by atoms with Crippen molar-refractivity contribution in [2.24, 2.45) is 0 Å². The van der Waals surface area contributed by atoms with E-state index in [1.54, 1.807) is 0 Å². The normalized spacial score (nSPS) is 18.6. The number of carbonyl (C=O) groups is 2. The first-order chi connectivity index (χ1) is 9.61. The molecule has 0 aromatic carbocycles. The quantitative estimate of drug-likeness (QED) is 0.816. The Balaban J connectivity index is 2.00. The number of hydrogen-bond donors (Lipinski definition) is 2. The molecule has 1 aromatic rings. The lowest BCUT2D eigenvalue weighted by molar-refractivity contribution is -0.117. The van der Waals surface area contributed by atoms with Crippen molar-refractivity contribution in [3.63, 3.8) is 0 Å². The molecule has 1 atom stereocenters. The molecule has 0 aliphatic carbocycles. The molecule has 1 saturated heterocycles. The number of rotatable bonds is 4. The lowest BCUT2D eigenvalue weighted by atomic mass is 10.2. The Morgan fingerprint density at radius 3 is 3.05 bits per heavy atom. The van der Waals surface area contributed by atoms with Crippen LogP contribution in [0, 0.1) is 6.92 Å². The number of hydrogen-bond acceptors (Lipinski definition) is 6. The maximum absolute atomic E-state index is 12.0. The van der Waals surface area contributed by atoms with Crippen LogP contribution >= 0.6 is 11.3 Å². The van der Waals surface area contributed by atoms with E-state index in [0.717, 1.165) is 12.1 Å². The van der Waals surface area contributed by atoms with Crippen LogP contribution in [0.15, 0.2) is 5.38 Å². The molecule has 1 aliphatic heterocycles. The fourth-order valence-electron chi connectivity index (χ4n) is 2.01. The number of anilines is 1. The van der Waals surface area contributed by atoms with Crippen molar-refractivity contribution in [2.75, 3.05) is 32.2 Å². The molecule has 7 heteroatoms. The predicted molar refractivity (Wildman–Crippen MR) is 76.3 cm³/mol. The largest absolute Gasteiger partial charge is 0.465 e. The van der Waals surface area contributed by atoms with Gasteiger partial charge < -0.3 is 20.1 Å². The van der Waals surface area contributed by atoms with Gasteiger partial charge in [0.2, 0.25) is 5.91 Å². The first kappa shape index (κ1) is 15.0. The molecule has 1 fully saturated rings. The van der Waals surface area contributed by atoms with Crippen molar-refractivity contribution in [1.82, 2.24) is 5.32 Å². The van der Waals surface area contributed by atoms with E-state index >= 15 is 0 Å². The molecule has 20 heavy (non-hydrogen) atoms. The number of nitrogens with one attached hydrogen (secondary N) is 2. The van der Waals surface area contributed by atoms with Gasteiger partial charge in [0.15, 0.2) is 0 Å². The minimum atomic E-state index is -0.433. The second-order valence-electron chi connectivity index (χ2n) is 4.59. The van der Waals surface area contributed by atoms with Gasteiger partial charge in [-0.05, 0) is 17.9 Å². The predicted octanol–water partition coefficient (Wildman–Crippen LogP) is 1.16. The number of aryl methyl sites for hydroxylation is 1. The van der Waals surface area contributed by atoms with Crippen molar-refractivity contribution < 1.29 is 19.1 Å². The molecule has 1 aromatic heterocycles. The molecule has 6 nitrogen and oxygen atoms in total. The van der Waals surface area contributed by atoms with Crippen LogP contribution in [0.25, 0.3) is 0 Å². The first-order valence-corrected chi connectivity index (χ1v) is 7.27. The van der Waals surface area contributed by atoms with Crippen molar-refractivity contribution >= 4 is 28.9 Å². The molecule has 1 unspecified atom stereocenters. The van der Waals surface area contributed by atoms with Gasteiger partial charge in [-0.1, -0.05) is 0 Å². The van der Waals surface area contributed by atoms with Crippen LogP contribution in [0.1, 0.15) is 21.7 Å². The molecule has 1 amide bonds. The zero-order valence-electron chi connectivity index (χ0n) is 11.5. The van der Waals surface area contributed by atoms with Crippen molar-refractivity contribution in [3.8, 4) is 0 Å². The highest BCUT2D eigenvalue weighted by Crippen LogP contribution is 2.28. The van der Waals surface area contributed by atoms with Crippen molar-refractivity contribution in [3.05, 3.63) is 15.8 Å². The van der Waals surface area contributed by atoms with Crippen LogP contribution in [-0.2, 0) is 14.3 Å². The van der Waals surface area contributed by atoms with Crippen molar-refractivity contribution in [1.29, 1.82) is 0 Å². The summed E-state index contributed by atoms with van der Waals surface area (Å²) in [5.74, 6) is -0.572. The van der Waals surface area contributed by atoms with E-state index in [-0.39, 0.29) is 11.9 Å². The van der Waals surface area contributed by atoms with Gasteiger partial charge in [-0.15, -0.1) is 11.3 Å². The van der Waals surface area contributed by atoms with Crippen LogP contribution in [0.3, 0.4) is 0 Å². The topological polar surface area (TPSA) is 76.7 Å². The molecule has 2 rings (SSSR count). The number of morpholine rings is 1. The van der Waals surface area contributed by atoms with Crippen LogP contribution in [0.2, 0.25) is 0 Å². The van der Waals surface area contributed by atoms with Gasteiger partial charge in [-0.25, -0.2) is 4.79 Å². The van der Waals surface area contributed by atoms with E-state index in [2.05, 4.69) is 10.6 Å². The molecule has 2 N–H and O–H groups in total. The lowest BCUT2D eigenvalue weighted by Crippen LogP contribution is -2.43. The van der Waals surface area contributed by atoms with Crippen LogP contribution < -0.4 is 10.6 Å². The summed E-state index contributed by atoms with van der Waals surface area (Å²) in [7, 11) is 1.33. The summed E-state index contributed by atoms with van der Waals surface area (Å²) >= 11 is 1.27. The fraction of sp³-hybridized carbons (Fsp3) is 0.538. The van der Waals surface area contributed by atoms with Gasteiger partial charge in [0.1, 0.15) is 4.88 Å². The monoisotopic (exact) mass is 298 g/mol. The molecule has 0 spiro atoms. The van der Waals surface area contributed by atoms with E-state index in [1.165, 1.54) is 18.4 Å². The highest BCUT2D eigenvalue weighted by atomic mass is 32.1. The SMILES string of the molecule is COC(=O)c1scc(C)c1NC(=O)CC1COCCN1. The molecule has 0 bridgehead atoms. The summed E-state index contributed by atoms with van der Waals surface area (Å²) in [4.78, 5) is 24.1. The molecular formula is C13H18N2O4S. The second-order valence-corrected chi connectivity index (χ2v) is 5.47. The minimum Gasteiger partial charge on any atom is -0.465 e. The Labute approximate surface area is 121 Å². The third-order valence-corrected chi connectivity index (χ3v) is 4.12. The van der Waals surface area contributed by atoms with Crippen LogP contribution in [-0.4, -0.2) is 44.8 Å². The highest BCUT2D eigenvalue weighted by Gasteiger charge is 2.21. The van der Waals surface area contributed by atoms with E-state index in [0.29, 0.717) is 30.2 Å². The van der Waals surface area contributed by atoms with Crippen LogP contribution in [0.5, 0.6) is 0 Å². The van der Waals surface area contributed by atoms with Gasteiger partial charge in [-0.3, -0.25) is 4.79 Å². The number of amides is 1. The Hall–Kier alpha value is -1.44. The Bertz CT molecular complexity index is 495. The molecule has 110 valence electrons. The zero-order valence-corrected chi connectivity index (χ0v) is 12.3.